The molecule has 3 aromatic rings. The Labute approximate surface area is 156 Å². The van der Waals surface area contributed by atoms with Crippen LogP contribution < -0.4 is 9.64 Å². The van der Waals surface area contributed by atoms with E-state index in [9.17, 15) is 9.18 Å². The van der Waals surface area contributed by atoms with Gasteiger partial charge in [-0.25, -0.2) is 9.18 Å². The van der Waals surface area contributed by atoms with Crippen LogP contribution in [0.15, 0.2) is 83.8 Å². The number of para-hydroxylation sites is 1. The summed E-state index contributed by atoms with van der Waals surface area (Å²) in [6.45, 7) is 0.271. The maximum Gasteiger partial charge on any atom is 0.420 e. The van der Waals surface area contributed by atoms with Crippen LogP contribution in [0, 0.1) is 12.1 Å². The number of hydrogen-bond acceptors (Lipinski definition) is 3. The monoisotopic (exact) mass is 366 g/mol. The molecule has 0 bridgehead atoms. The second kappa shape index (κ2) is 8.54. The van der Waals surface area contributed by atoms with Gasteiger partial charge in [0.05, 0.1) is 6.54 Å². The van der Waals surface area contributed by atoms with Crippen LogP contribution in [-0.4, -0.2) is 6.09 Å². The number of anilines is 1. The molecule has 0 atom stereocenters. The molecule has 0 saturated heterocycles. The van der Waals surface area contributed by atoms with Crippen LogP contribution in [0.4, 0.5) is 14.9 Å². The van der Waals surface area contributed by atoms with E-state index in [0.29, 0.717) is 11.4 Å². The molecule has 0 aromatic heterocycles. The van der Waals surface area contributed by atoms with Crippen molar-refractivity contribution in [1.82, 2.24) is 0 Å². The summed E-state index contributed by atoms with van der Waals surface area (Å²) >= 11 is 1.33. The van der Waals surface area contributed by atoms with E-state index < -0.39 is 6.09 Å². The molecule has 26 heavy (non-hydrogen) atoms. The number of benzene rings is 3. The molecule has 0 fully saturated rings. The first kappa shape index (κ1) is 18.0. The van der Waals surface area contributed by atoms with Gasteiger partial charge in [0.1, 0.15) is 11.6 Å². The molecule has 5 heteroatoms. The molecule has 0 aliphatic carbocycles. The van der Waals surface area contributed by atoms with E-state index >= 15 is 0 Å². The number of thioether (sulfide) groups is 1. The summed E-state index contributed by atoms with van der Waals surface area (Å²) in [5.41, 5.74) is 1.50. The average Bonchev–Trinajstić information content (AvgIpc) is 2.68. The lowest BCUT2D eigenvalue weighted by Crippen LogP contribution is -2.33. The van der Waals surface area contributed by atoms with Gasteiger partial charge in [-0.3, -0.25) is 4.90 Å². The van der Waals surface area contributed by atoms with Crippen LogP contribution in [-0.2, 0) is 6.54 Å². The van der Waals surface area contributed by atoms with Crippen LogP contribution >= 0.6 is 11.8 Å². The SMILES string of the molecule is [CH2]Sc1cccc(OC(=O)N(Cc2ccc(F)cc2)c2ccccc2)c1. The minimum atomic E-state index is -0.508. The maximum atomic E-state index is 13.2. The highest BCUT2D eigenvalue weighted by Crippen LogP contribution is 2.24. The molecule has 3 nitrogen and oxygen atoms in total. The van der Waals surface area contributed by atoms with Gasteiger partial charge in [0.15, 0.2) is 0 Å². The molecule has 0 aliphatic rings. The number of halogens is 1. The second-order valence-corrected chi connectivity index (χ2v) is 6.30. The number of carbonyl (C=O) groups excluding carboxylic acids is 1. The van der Waals surface area contributed by atoms with Crippen molar-refractivity contribution in [3.8, 4) is 5.75 Å². The molecule has 1 amide bonds. The molecule has 0 unspecified atom stereocenters. The van der Waals surface area contributed by atoms with Gasteiger partial charge in [0.25, 0.3) is 0 Å². The van der Waals surface area contributed by atoms with Crippen LogP contribution in [0.1, 0.15) is 5.56 Å². The predicted octanol–water partition coefficient (Wildman–Crippen LogP) is 5.91. The third-order valence-electron chi connectivity index (χ3n) is 3.72. The first-order valence-electron chi connectivity index (χ1n) is 7.96. The Kier molecular flexibility index (Phi) is 5.92. The molecule has 0 N–H and O–H groups in total. The highest BCUT2D eigenvalue weighted by atomic mass is 32.2. The number of ether oxygens (including phenoxy) is 1. The standard InChI is InChI=1S/C21H17FNO2S/c1-26-20-9-5-8-19(14-20)25-21(24)23(18-6-3-2-4-7-18)15-16-10-12-17(22)13-11-16/h2-14H,1,15H2. The zero-order valence-electron chi connectivity index (χ0n) is 14.0. The Balaban J connectivity index is 1.84. The van der Waals surface area contributed by atoms with Crippen molar-refractivity contribution in [2.24, 2.45) is 0 Å². The lowest BCUT2D eigenvalue weighted by molar-refractivity contribution is 0.207. The minimum Gasteiger partial charge on any atom is -0.410 e. The Bertz CT molecular complexity index is 869. The van der Waals surface area contributed by atoms with Gasteiger partial charge in [-0.15, -0.1) is 11.8 Å². The Morgan fingerprint density at radius 2 is 1.73 bits per heavy atom. The van der Waals surface area contributed by atoms with Crippen molar-refractivity contribution in [1.29, 1.82) is 0 Å². The molecular formula is C21H17FNO2S. The summed E-state index contributed by atoms with van der Waals surface area (Å²) in [5.74, 6) is 0.133. The van der Waals surface area contributed by atoms with Gasteiger partial charge in [-0.1, -0.05) is 36.4 Å². The van der Waals surface area contributed by atoms with E-state index in [1.54, 1.807) is 24.3 Å². The molecule has 131 valence electrons. The lowest BCUT2D eigenvalue weighted by Gasteiger charge is -2.22. The fourth-order valence-electron chi connectivity index (χ4n) is 2.42. The zero-order chi connectivity index (χ0) is 18.4. The first-order valence-corrected chi connectivity index (χ1v) is 8.95. The van der Waals surface area contributed by atoms with Gasteiger partial charge in [-0.05, 0) is 48.0 Å². The quantitative estimate of drug-likeness (QED) is 0.525. The number of amides is 1. The maximum absolute atomic E-state index is 13.2. The molecule has 0 spiro atoms. The average molecular weight is 366 g/mol. The van der Waals surface area contributed by atoms with Crippen LogP contribution in [0.2, 0.25) is 0 Å². The van der Waals surface area contributed by atoms with Crippen molar-refractivity contribution in [2.75, 3.05) is 4.90 Å². The number of nitrogens with zero attached hydrogens (tertiary/aromatic N) is 1. The topological polar surface area (TPSA) is 29.5 Å². The summed E-state index contributed by atoms with van der Waals surface area (Å²) in [7, 11) is 0. The van der Waals surface area contributed by atoms with E-state index in [4.69, 9.17) is 4.74 Å². The highest BCUT2D eigenvalue weighted by Gasteiger charge is 2.18. The van der Waals surface area contributed by atoms with Crippen LogP contribution in [0.3, 0.4) is 0 Å². The minimum absolute atomic E-state index is 0.271. The highest BCUT2D eigenvalue weighted by molar-refractivity contribution is 8.00. The van der Waals surface area contributed by atoms with Crippen molar-refractivity contribution in [3.63, 3.8) is 0 Å². The Hall–Kier alpha value is -2.79. The van der Waals surface area contributed by atoms with Crippen LogP contribution in [0.25, 0.3) is 0 Å². The summed E-state index contributed by atoms with van der Waals surface area (Å²) in [5, 5.41) is 0. The van der Waals surface area contributed by atoms with Gasteiger partial charge < -0.3 is 4.74 Å². The van der Waals surface area contributed by atoms with E-state index in [2.05, 4.69) is 6.26 Å². The van der Waals surface area contributed by atoms with Crippen LogP contribution in [0.5, 0.6) is 5.75 Å². The van der Waals surface area contributed by atoms with E-state index in [-0.39, 0.29) is 12.4 Å². The summed E-state index contributed by atoms with van der Waals surface area (Å²) in [6, 6.07) is 22.5. The molecule has 0 aliphatic heterocycles. The van der Waals surface area contributed by atoms with E-state index in [1.165, 1.54) is 28.8 Å². The number of hydrogen-bond donors (Lipinski definition) is 0. The molecule has 0 heterocycles. The molecule has 3 aromatic carbocycles. The van der Waals surface area contributed by atoms with Gasteiger partial charge in [0, 0.05) is 16.8 Å². The van der Waals surface area contributed by atoms with E-state index in [1.807, 2.05) is 42.5 Å². The van der Waals surface area contributed by atoms with E-state index in [0.717, 1.165) is 10.5 Å². The third-order valence-corrected chi connectivity index (χ3v) is 4.31. The molecule has 3 rings (SSSR count). The zero-order valence-corrected chi connectivity index (χ0v) is 14.8. The third kappa shape index (κ3) is 4.64. The summed E-state index contributed by atoms with van der Waals surface area (Å²) in [6.07, 6.45) is 3.25. The van der Waals surface area contributed by atoms with Crippen molar-refractivity contribution in [3.05, 3.63) is 96.5 Å². The summed E-state index contributed by atoms with van der Waals surface area (Å²) in [4.78, 5) is 15.2. The Morgan fingerprint density at radius 1 is 1.00 bits per heavy atom. The van der Waals surface area contributed by atoms with Gasteiger partial charge in [-0.2, -0.15) is 0 Å². The molecule has 1 radical (unpaired) electrons. The van der Waals surface area contributed by atoms with Crippen molar-refractivity contribution < 1.29 is 13.9 Å². The van der Waals surface area contributed by atoms with Gasteiger partial charge >= 0.3 is 6.09 Å². The molecule has 0 saturated carbocycles. The van der Waals surface area contributed by atoms with Crippen molar-refractivity contribution in [2.45, 2.75) is 11.4 Å². The fraction of sp³-hybridized carbons (Fsp3) is 0.0476. The number of rotatable bonds is 5. The smallest absolute Gasteiger partial charge is 0.410 e. The predicted molar refractivity (Wildman–Crippen MR) is 103 cm³/mol. The number of carbonyl (C=O) groups is 1. The summed E-state index contributed by atoms with van der Waals surface area (Å²) < 4.78 is 18.7. The van der Waals surface area contributed by atoms with Crippen molar-refractivity contribution >= 4 is 23.5 Å². The Morgan fingerprint density at radius 3 is 2.42 bits per heavy atom. The normalized spacial score (nSPS) is 10.4. The lowest BCUT2D eigenvalue weighted by atomic mass is 10.2. The molecular weight excluding hydrogens is 349 g/mol. The fourth-order valence-corrected chi connectivity index (χ4v) is 2.80. The van der Waals surface area contributed by atoms with Gasteiger partial charge in [0.2, 0.25) is 0 Å². The first-order chi connectivity index (χ1) is 12.7. The second-order valence-electron chi connectivity index (χ2n) is 5.54. The largest absolute Gasteiger partial charge is 0.420 e.